The minimum absolute atomic E-state index is 0.00537. The van der Waals surface area contributed by atoms with Crippen LogP contribution in [-0.4, -0.2) is 10.8 Å². The van der Waals surface area contributed by atoms with Gasteiger partial charge in [-0.05, 0) is 53.6 Å². The van der Waals surface area contributed by atoms with Crippen LogP contribution in [0, 0.1) is 16.0 Å². The van der Waals surface area contributed by atoms with Crippen LogP contribution in [0.5, 0.6) is 0 Å². The monoisotopic (exact) mass is 414 g/mol. The van der Waals surface area contributed by atoms with Gasteiger partial charge in [-0.25, -0.2) is 0 Å². The molecule has 1 amide bonds. The van der Waals surface area contributed by atoms with Gasteiger partial charge in [0.15, 0.2) is 0 Å². The van der Waals surface area contributed by atoms with Gasteiger partial charge >= 0.3 is 0 Å². The fourth-order valence-corrected chi connectivity index (χ4v) is 4.36. The van der Waals surface area contributed by atoms with E-state index in [0.29, 0.717) is 5.69 Å². The van der Waals surface area contributed by atoms with Gasteiger partial charge in [0.2, 0.25) is 5.91 Å². The number of hydrogen-bond donors (Lipinski definition) is 1. The van der Waals surface area contributed by atoms with E-state index in [1.165, 1.54) is 23.3 Å². The lowest BCUT2D eigenvalue weighted by Crippen LogP contribution is -2.22. The molecule has 31 heavy (non-hydrogen) atoms. The zero-order valence-corrected chi connectivity index (χ0v) is 17.8. The first kappa shape index (κ1) is 20.8. The standard InChI is InChI=1S/C26H26N2O3/c1-3-18-5-9-20(10-6-18)26(21-11-7-19(4-2)8-12-21)17-24(26)25(29)27-22-13-15-23(16-14-22)28(30)31/h5-16,24H,3-4,17H2,1-2H3,(H,27,29)/t24-/m1/s1. The van der Waals surface area contributed by atoms with Crippen LogP contribution >= 0.6 is 0 Å². The molecule has 1 saturated carbocycles. The van der Waals surface area contributed by atoms with Crippen molar-refractivity contribution < 1.29 is 9.72 Å². The van der Waals surface area contributed by atoms with Gasteiger partial charge in [0, 0.05) is 23.2 Å². The number of anilines is 1. The van der Waals surface area contributed by atoms with Crippen molar-refractivity contribution in [2.75, 3.05) is 5.32 Å². The maximum Gasteiger partial charge on any atom is 0.269 e. The van der Waals surface area contributed by atoms with Crippen molar-refractivity contribution in [3.05, 3.63) is 105 Å². The molecular formula is C26H26N2O3. The number of carbonyl (C=O) groups is 1. The molecule has 5 nitrogen and oxygen atoms in total. The number of nitro groups is 1. The number of hydrogen-bond acceptors (Lipinski definition) is 3. The second-order valence-electron chi connectivity index (χ2n) is 8.12. The summed E-state index contributed by atoms with van der Waals surface area (Å²) < 4.78 is 0. The van der Waals surface area contributed by atoms with E-state index in [0.717, 1.165) is 30.4 Å². The van der Waals surface area contributed by atoms with E-state index >= 15 is 0 Å². The average molecular weight is 415 g/mol. The maximum absolute atomic E-state index is 13.2. The average Bonchev–Trinajstić information content (AvgIpc) is 3.57. The van der Waals surface area contributed by atoms with Crippen molar-refractivity contribution in [1.82, 2.24) is 0 Å². The molecular weight excluding hydrogens is 388 g/mol. The Labute approximate surface area is 182 Å². The summed E-state index contributed by atoms with van der Waals surface area (Å²) >= 11 is 0. The molecule has 5 heteroatoms. The topological polar surface area (TPSA) is 72.2 Å². The van der Waals surface area contributed by atoms with Crippen LogP contribution in [0.15, 0.2) is 72.8 Å². The molecule has 3 aromatic rings. The quantitative estimate of drug-likeness (QED) is 0.400. The van der Waals surface area contributed by atoms with Gasteiger partial charge in [-0.2, -0.15) is 0 Å². The number of carbonyl (C=O) groups excluding carboxylic acids is 1. The number of nitrogens with zero attached hydrogens (tertiary/aromatic N) is 1. The smallest absolute Gasteiger partial charge is 0.269 e. The molecule has 0 radical (unpaired) electrons. The molecule has 0 spiro atoms. The Kier molecular flexibility index (Phi) is 5.59. The molecule has 0 saturated heterocycles. The lowest BCUT2D eigenvalue weighted by Gasteiger charge is -2.20. The molecule has 1 aliphatic carbocycles. The minimum Gasteiger partial charge on any atom is -0.326 e. The van der Waals surface area contributed by atoms with Crippen LogP contribution in [0.25, 0.3) is 0 Å². The largest absolute Gasteiger partial charge is 0.326 e. The van der Waals surface area contributed by atoms with Gasteiger partial charge in [0.25, 0.3) is 5.69 Å². The molecule has 4 rings (SSSR count). The van der Waals surface area contributed by atoms with Crippen molar-refractivity contribution in [2.24, 2.45) is 5.92 Å². The third-order valence-electron chi connectivity index (χ3n) is 6.38. The van der Waals surface area contributed by atoms with Crippen molar-refractivity contribution in [3.8, 4) is 0 Å². The van der Waals surface area contributed by atoms with E-state index in [1.54, 1.807) is 12.1 Å². The summed E-state index contributed by atoms with van der Waals surface area (Å²) in [7, 11) is 0. The first-order valence-corrected chi connectivity index (χ1v) is 10.7. The van der Waals surface area contributed by atoms with Crippen molar-refractivity contribution in [3.63, 3.8) is 0 Å². The van der Waals surface area contributed by atoms with Crippen molar-refractivity contribution >= 4 is 17.3 Å². The highest BCUT2D eigenvalue weighted by molar-refractivity contribution is 5.97. The van der Waals surface area contributed by atoms with Crippen LogP contribution in [-0.2, 0) is 23.1 Å². The van der Waals surface area contributed by atoms with E-state index in [-0.39, 0.29) is 22.9 Å². The second-order valence-corrected chi connectivity index (χ2v) is 8.12. The second kappa shape index (κ2) is 8.34. The van der Waals surface area contributed by atoms with E-state index < -0.39 is 4.92 Å². The summed E-state index contributed by atoms with van der Waals surface area (Å²) in [4.78, 5) is 23.6. The Balaban J connectivity index is 1.62. The number of aryl methyl sites for hydroxylation is 2. The molecule has 0 aliphatic heterocycles. The highest BCUT2D eigenvalue weighted by Gasteiger charge is 2.60. The molecule has 158 valence electrons. The minimum atomic E-state index is -0.447. The summed E-state index contributed by atoms with van der Waals surface area (Å²) in [6, 6.07) is 23.1. The highest BCUT2D eigenvalue weighted by Crippen LogP contribution is 2.59. The van der Waals surface area contributed by atoms with Crippen molar-refractivity contribution in [1.29, 1.82) is 0 Å². The number of amides is 1. The normalized spacial score (nSPS) is 16.5. The third kappa shape index (κ3) is 3.96. The summed E-state index contributed by atoms with van der Waals surface area (Å²) in [6.07, 6.45) is 2.69. The predicted octanol–water partition coefficient (Wildman–Crippen LogP) is 5.66. The lowest BCUT2D eigenvalue weighted by atomic mass is 9.84. The molecule has 0 heterocycles. The predicted molar refractivity (Wildman–Crippen MR) is 122 cm³/mol. The zero-order valence-electron chi connectivity index (χ0n) is 17.8. The Hall–Kier alpha value is -3.47. The number of non-ortho nitro benzene ring substituents is 1. The number of nitrogens with one attached hydrogen (secondary N) is 1. The fraction of sp³-hybridized carbons (Fsp3) is 0.269. The number of rotatable bonds is 7. The SMILES string of the molecule is CCc1ccc(C2(c3ccc(CC)cc3)C[C@@H]2C(=O)Nc2ccc([N+](=O)[O-])cc2)cc1. The van der Waals surface area contributed by atoms with E-state index in [4.69, 9.17) is 0 Å². The molecule has 1 atom stereocenters. The van der Waals surface area contributed by atoms with Crippen molar-refractivity contribution in [2.45, 2.75) is 38.5 Å². The summed E-state index contributed by atoms with van der Waals surface area (Å²) in [6.45, 7) is 4.26. The van der Waals surface area contributed by atoms with Crippen LogP contribution in [0.3, 0.4) is 0 Å². The fourth-order valence-electron chi connectivity index (χ4n) is 4.36. The molecule has 3 aromatic carbocycles. The summed E-state index contributed by atoms with van der Waals surface area (Å²) in [5, 5.41) is 13.8. The third-order valence-corrected chi connectivity index (χ3v) is 6.38. The van der Waals surface area contributed by atoms with Crippen LogP contribution in [0.4, 0.5) is 11.4 Å². The molecule has 1 N–H and O–H groups in total. The van der Waals surface area contributed by atoms with Gasteiger partial charge < -0.3 is 5.32 Å². The van der Waals surface area contributed by atoms with Crippen LogP contribution in [0.2, 0.25) is 0 Å². The van der Waals surface area contributed by atoms with E-state index in [2.05, 4.69) is 67.7 Å². The Bertz CT molecular complexity index is 1040. The maximum atomic E-state index is 13.2. The Morgan fingerprint density at radius 2 is 1.39 bits per heavy atom. The van der Waals surface area contributed by atoms with Gasteiger partial charge in [0.05, 0.1) is 10.8 Å². The summed E-state index contributed by atoms with van der Waals surface area (Å²) in [5.74, 6) is -0.254. The molecule has 0 unspecified atom stereocenters. The van der Waals surface area contributed by atoms with E-state index in [9.17, 15) is 14.9 Å². The van der Waals surface area contributed by atoms with Crippen LogP contribution in [0.1, 0.15) is 42.5 Å². The molecule has 0 bridgehead atoms. The number of benzene rings is 3. The van der Waals surface area contributed by atoms with Gasteiger partial charge in [-0.3, -0.25) is 14.9 Å². The van der Waals surface area contributed by atoms with Gasteiger partial charge in [-0.1, -0.05) is 62.4 Å². The first-order valence-electron chi connectivity index (χ1n) is 10.7. The van der Waals surface area contributed by atoms with E-state index in [1.807, 2.05) is 0 Å². The Morgan fingerprint density at radius 3 is 1.81 bits per heavy atom. The van der Waals surface area contributed by atoms with Gasteiger partial charge in [-0.15, -0.1) is 0 Å². The molecule has 1 fully saturated rings. The van der Waals surface area contributed by atoms with Crippen LogP contribution < -0.4 is 5.32 Å². The summed E-state index contributed by atoms with van der Waals surface area (Å²) in [5.41, 5.74) is 5.07. The Morgan fingerprint density at radius 1 is 0.903 bits per heavy atom. The first-order chi connectivity index (χ1) is 15.0. The molecule has 0 aromatic heterocycles. The number of nitro benzene ring substituents is 1. The molecule has 1 aliphatic rings. The zero-order chi connectivity index (χ0) is 22.0. The van der Waals surface area contributed by atoms with Gasteiger partial charge in [0.1, 0.15) is 0 Å². The lowest BCUT2D eigenvalue weighted by molar-refractivity contribution is -0.384. The highest BCUT2D eigenvalue weighted by atomic mass is 16.6.